The van der Waals surface area contributed by atoms with Gasteiger partial charge >= 0.3 is 6.03 Å². The summed E-state index contributed by atoms with van der Waals surface area (Å²) in [7, 11) is 0. The van der Waals surface area contributed by atoms with Crippen LogP contribution in [-0.2, 0) is 4.79 Å². The van der Waals surface area contributed by atoms with Crippen LogP contribution in [-0.4, -0.2) is 45.5 Å². The maximum absolute atomic E-state index is 11.9. The Kier molecular flexibility index (Phi) is 2.41. The third-order valence-electron chi connectivity index (χ3n) is 4.26. The van der Waals surface area contributed by atoms with E-state index < -0.39 is 11.6 Å². The number of hydrogen-bond acceptors (Lipinski definition) is 5. The molecule has 21 heavy (non-hydrogen) atoms. The summed E-state index contributed by atoms with van der Waals surface area (Å²) >= 11 is 0. The van der Waals surface area contributed by atoms with E-state index in [2.05, 4.69) is 30.5 Å². The van der Waals surface area contributed by atoms with Crippen molar-refractivity contribution in [2.45, 2.75) is 18.4 Å². The molecule has 0 atom stereocenters. The topological polar surface area (TPSA) is 103 Å². The fraction of sp³-hybridized carbons (Fsp3) is 0.385. The molecule has 4 heterocycles. The van der Waals surface area contributed by atoms with Crippen molar-refractivity contribution in [3.05, 3.63) is 18.6 Å². The van der Waals surface area contributed by atoms with Gasteiger partial charge in [-0.25, -0.2) is 14.8 Å². The predicted molar refractivity (Wildman–Crippen MR) is 74.7 cm³/mol. The lowest BCUT2D eigenvalue weighted by Gasteiger charge is -2.37. The lowest BCUT2D eigenvalue weighted by atomic mass is 9.87. The standard InChI is InChI=1S/C13H14N6O2/c20-11-13(18-12(21)17-11)2-5-19(6-3-13)10-8-1-4-14-9(8)15-7-16-10/h1,4,7H,2-3,5-6H2,(H,14,15,16)(H2,17,18,20,21). The first-order valence-corrected chi connectivity index (χ1v) is 6.85. The lowest BCUT2D eigenvalue weighted by Crippen LogP contribution is -2.55. The van der Waals surface area contributed by atoms with Crippen molar-refractivity contribution in [2.75, 3.05) is 18.0 Å². The normalized spacial score (nSPS) is 20.9. The van der Waals surface area contributed by atoms with E-state index >= 15 is 0 Å². The molecule has 2 aliphatic heterocycles. The van der Waals surface area contributed by atoms with Crippen molar-refractivity contribution >= 4 is 28.8 Å². The van der Waals surface area contributed by atoms with Crippen LogP contribution >= 0.6 is 0 Å². The van der Waals surface area contributed by atoms with E-state index in [4.69, 9.17) is 0 Å². The summed E-state index contributed by atoms with van der Waals surface area (Å²) in [5.74, 6) is 0.641. The molecule has 0 aliphatic carbocycles. The van der Waals surface area contributed by atoms with Gasteiger partial charge in [0.2, 0.25) is 0 Å². The summed E-state index contributed by atoms with van der Waals surface area (Å²) in [6.07, 6.45) is 4.50. The highest BCUT2D eigenvalue weighted by atomic mass is 16.2. The number of carbonyl (C=O) groups is 2. The number of carbonyl (C=O) groups excluding carboxylic acids is 2. The molecular formula is C13H14N6O2. The number of amides is 3. The minimum atomic E-state index is -0.752. The van der Waals surface area contributed by atoms with Crippen LogP contribution in [0.3, 0.4) is 0 Å². The Balaban J connectivity index is 1.59. The predicted octanol–water partition coefficient (Wildman–Crippen LogP) is 0.136. The van der Waals surface area contributed by atoms with Crippen molar-refractivity contribution < 1.29 is 9.59 Å². The number of aromatic nitrogens is 3. The van der Waals surface area contributed by atoms with Gasteiger partial charge in [0, 0.05) is 19.3 Å². The van der Waals surface area contributed by atoms with E-state index in [1.54, 1.807) is 0 Å². The number of anilines is 1. The molecule has 3 amide bonds. The fourth-order valence-corrected chi connectivity index (χ4v) is 3.09. The summed E-state index contributed by atoms with van der Waals surface area (Å²) < 4.78 is 0. The van der Waals surface area contributed by atoms with E-state index in [-0.39, 0.29) is 5.91 Å². The first-order chi connectivity index (χ1) is 10.2. The summed E-state index contributed by atoms with van der Waals surface area (Å²) in [4.78, 5) is 37.0. The SMILES string of the molecule is O=C1NC(=O)C2(CCN(c3ncnc4[nH]ccc34)CC2)N1. The molecule has 8 heteroatoms. The van der Waals surface area contributed by atoms with Gasteiger partial charge in [-0.1, -0.05) is 0 Å². The Morgan fingerprint density at radius 3 is 2.71 bits per heavy atom. The second-order valence-corrected chi connectivity index (χ2v) is 5.41. The number of aromatic amines is 1. The van der Waals surface area contributed by atoms with Gasteiger partial charge in [-0.05, 0) is 18.9 Å². The molecule has 0 bridgehead atoms. The molecule has 0 aromatic carbocycles. The maximum atomic E-state index is 11.9. The molecule has 4 rings (SSSR count). The average molecular weight is 286 g/mol. The number of urea groups is 1. The Morgan fingerprint density at radius 2 is 2.00 bits per heavy atom. The van der Waals surface area contributed by atoms with Crippen LogP contribution in [0.5, 0.6) is 0 Å². The first-order valence-electron chi connectivity index (χ1n) is 6.85. The molecule has 1 spiro atoms. The minimum Gasteiger partial charge on any atom is -0.356 e. The molecule has 8 nitrogen and oxygen atoms in total. The van der Waals surface area contributed by atoms with Crippen LogP contribution in [0, 0.1) is 0 Å². The Hall–Kier alpha value is -2.64. The third kappa shape index (κ3) is 1.75. The second-order valence-electron chi connectivity index (χ2n) is 5.41. The summed E-state index contributed by atoms with van der Waals surface area (Å²) in [6, 6.07) is 1.54. The number of piperidine rings is 1. The van der Waals surface area contributed by atoms with Crippen LogP contribution in [0.25, 0.3) is 11.0 Å². The van der Waals surface area contributed by atoms with E-state index in [0.29, 0.717) is 25.9 Å². The van der Waals surface area contributed by atoms with Gasteiger partial charge in [-0.3, -0.25) is 10.1 Å². The summed E-state index contributed by atoms with van der Waals surface area (Å²) in [5, 5.41) is 6.04. The zero-order valence-corrected chi connectivity index (χ0v) is 11.2. The van der Waals surface area contributed by atoms with Gasteiger partial charge in [0.05, 0.1) is 5.39 Å². The van der Waals surface area contributed by atoms with Gasteiger partial charge in [0.25, 0.3) is 5.91 Å². The lowest BCUT2D eigenvalue weighted by molar-refractivity contribution is -0.124. The number of nitrogens with one attached hydrogen (secondary N) is 3. The molecular weight excluding hydrogens is 272 g/mol. The van der Waals surface area contributed by atoms with Crippen molar-refractivity contribution in [2.24, 2.45) is 0 Å². The van der Waals surface area contributed by atoms with Crippen molar-refractivity contribution in [1.29, 1.82) is 0 Å². The van der Waals surface area contributed by atoms with Gasteiger partial charge in [-0.2, -0.15) is 0 Å². The van der Waals surface area contributed by atoms with E-state index in [1.165, 1.54) is 6.33 Å². The number of fused-ring (bicyclic) bond motifs is 1. The molecule has 0 saturated carbocycles. The largest absolute Gasteiger partial charge is 0.356 e. The number of imide groups is 1. The molecule has 2 saturated heterocycles. The highest BCUT2D eigenvalue weighted by Crippen LogP contribution is 2.30. The second kappa shape index (κ2) is 4.18. The zero-order chi connectivity index (χ0) is 14.4. The Morgan fingerprint density at radius 1 is 1.19 bits per heavy atom. The van der Waals surface area contributed by atoms with Gasteiger partial charge < -0.3 is 15.2 Å². The Bertz CT molecular complexity index is 731. The Labute approximate surface area is 119 Å². The zero-order valence-electron chi connectivity index (χ0n) is 11.2. The van der Waals surface area contributed by atoms with Crippen molar-refractivity contribution in [3.8, 4) is 0 Å². The average Bonchev–Trinajstić information content (AvgIpc) is 3.05. The quantitative estimate of drug-likeness (QED) is 0.647. The highest BCUT2D eigenvalue weighted by Gasteiger charge is 2.48. The number of H-pyrrole nitrogens is 1. The number of hydrogen-bond donors (Lipinski definition) is 3. The molecule has 0 unspecified atom stereocenters. The molecule has 108 valence electrons. The fourth-order valence-electron chi connectivity index (χ4n) is 3.09. The number of nitrogens with zero attached hydrogens (tertiary/aromatic N) is 3. The summed E-state index contributed by atoms with van der Waals surface area (Å²) in [5.41, 5.74) is 0.0462. The third-order valence-corrected chi connectivity index (χ3v) is 4.26. The highest BCUT2D eigenvalue weighted by molar-refractivity contribution is 6.07. The number of rotatable bonds is 1. The van der Waals surface area contributed by atoms with E-state index in [9.17, 15) is 9.59 Å². The van der Waals surface area contributed by atoms with E-state index in [0.717, 1.165) is 16.9 Å². The molecule has 2 fully saturated rings. The van der Waals surface area contributed by atoms with Crippen LogP contribution in [0.15, 0.2) is 18.6 Å². The van der Waals surface area contributed by atoms with Crippen molar-refractivity contribution in [3.63, 3.8) is 0 Å². The maximum Gasteiger partial charge on any atom is 0.322 e. The first kappa shape index (κ1) is 12.1. The molecule has 3 N–H and O–H groups in total. The van der Waals surface area contributed by atoms with Gasteiger partial charge in [-0.15, -0.1) is 0 Å². The monoisotopic (exact) mass is 286 g/mol. The molecule has 2 aromatic heterocycles. The van der Waals surface area contributed by atoms with Crippen LogP contribution in [0.4, 0.5) is 10.6 Å². The summed E-state index contributed by atoms with van der Waals surface area (Å²) in [6.45, 7) is 1.32. The van der Waals surface area contributed by atoms with Gasteiger partial charge in [0.15, 0.2) is 0 Å². The molecule has 2 aliphatic rings. The molecule has 0 radical (unpaired) electrons. The smallest absolute Gasteiger partial charge is 0.322 e. The van der Waals surface area contributed by atoms with Crippen LogP contribution < -0.4 is 15.5 Å². The molecule has 2 aromatic rings. The van der Waals surface area contributed by atoms with E-state index in [1.807, 2.05) is 12.3 Å². The van der Waals surface area contributed by atoms with Crippen LogP contribution in [0.2, 0.25) is 0 Å². The minimum absolute atomic E-state index is 0.221. The van der Waals surface area contributed by atoms with Gasteiger partial charge in [0.1, 0.15) is 23.3 Å². The van der Waals surface area contributed by atoms with Crippen LogP contribution in [0.1, 0.15) is 12.8 Å². The van der Waals surface area contributed by atoms with Crippen molar-refractivity contribution in [1.82, 2.24) is 25.6 Å².